The van der Waals surface area contributed by atoms with Gasteiger partial charge < -0.3 is 19.7 Å². The number of rotatable bonds is 15. The molecule has 3 aromatic carbocycles. The maximum Gasteiger partial charge on any atom is 0.251 e. The van der Waals surface area contributed by atoms with Crippen molar-refractivity contribution >= 4 is 35.1 Å². The molecule has 0 fully saturated rings. The highest BCUT2D eigenvalue weighted by Crippen LogP contribution is 2.34. The number of thioether (sulfide) groups is 1. The van der Waals surface area contributed by atoms with Crippen LogP contribution in [0.15, 0.2) is 102 Å². The second kappa shape index (κ2) is 17.0. The summed E-state index contributed by atoms with van der Waals surface area (Å²) in [6, 6.07) is 28.8. The van der Waals surface area contributed by atoms with Crippen molar-refractivity contribution in [2.24, 2.45) is 5.92 Å². The third kappa shape index (κ3) is 9.71. The largest absolute Gasteiger partial charge is 0.491 e. The minimum absolute atomic E-state index is 0.0585. The summed E-state index contributed by atoms with van der Waals surface area (Å²) in [4.78, 5) is 21.5. The summed E-state index contributed by atoms with van der Waals surface area (Å²) in [6.45, 7) is 10.3. The summed E-state index contributed by atoms with van der Waals surface area (Å²) in [5, 5.41) is 3.14. The zero-order valence-electron chi connectivity index (χ0n) is 27.2. The molecule has 1 aromatic heterocycles. The van der Waals surface area contributed by atoms with Crippen molar-refractivity contribution in [3.63, 3.8) is 0 Å². The van der Waals surface area contributed by atoms with Gasteiger partial charge in [-0.15, -0.1) is 11.8 Å². The van der Waals surface area contributed by atoms with Gasteiger partial charge in [-0.25, -0.2) is 0 Å². The molecular formula is C39H45N3O3S. The van der Waals surface area contributed by atoms with Crippen LogP contribution in [0.1, 0.15) is 51.3 Å². The van der Waals surface area contributed by atoms with Gasteiger partial charge in [0.25, 0.3) is 5.91 Å². The first-order chi connectivity index (χ1) is 22.5. The molecule has 0 atom stereocenters. The van der Waals surface area contributed by atoms with E-state index in [4.69, 9.17) is 9.47 Å². The van der Waals surface area contributed by atoms with E-state index in [0.29, 0.717) is 25.6 Å². The third-order valence-electron chi connectivity index (χ3n) is 7.78. The number of hydrogen-bond acceptors (Lipinski definition) is 6. The van der Waals surface area contributed by atoms with E-state index in [0.717, 1.165) is 88.3 Å². The van der Waals surface area contributed by atoms with E-state index in [2.05, 4.69) is 72.4 Å². The van der Waals surface area contributed by atoms with Crippen molar-refractivity contribution in [1.29, 1.82) is 0 Å². The average molecular weight is 636 g/mol. The van der Waals surface area contributed by atoms with E-state index in [9.17, 15) is 4.79 Å². The predicted octanol–water partition coefficient (Wildman–Crippen LogP) is 9.12. The highest BCUT2D eigenvalue weighted by Gasteiger charge is 2.21. The molecule has 240 valence electrons. The monoisotopic (exact) mass is 635 g/mol. The van der Waals surface area contributed by atoms with Gasteiger partial charge in [0, 0.05) is 53.5 Å². The number of nitrogens with zero attached hydrogens (tertiary/aromatic N) is 2. The SMILES string of the molecule is CCCCOCCOc1ccc(-c2ccc3c(c2)C=C(C(=O)Nc2ccc(SCc4ccccn4)cc2)CCN3CC(C)C)cc1. The van der Waals surface area contributed by atoms with E-state index in [1.54, 1.807) is 11.8 Å². The molecule has 2 heterocycles. The van der Waals surface area contributed by atoms with Crippen molar-refractivity contribution in [3.05, 3.63) is 108 Å². The zero-order valence-corrected chi connectivity index (χ0v) is 28.0. The van der Waals surface area contributed by atoms with Crippen LogP contribution < -0.4 is 15.0 Å². The molecule has 0 saturated carbocycles. The van der Waals surface area contributed by atoms with Gasteiger partial charge in [0.15, 0.2) is 0 Å². The number of carbonyl (C=O) groups is 1. The predicted molar refractivity (Wildman–Crippen MR) is 192 cm³/mol. The van der Waals surface area contributed by atoms with E-state index in [1.165, 1.54) is 0 Å². The molecule has 5 rings (SSSR count). The van der Waals surface area contributed by atoms with Crippen LogP contribution in [-0.2, 0) is 15.3 Å². The Bertz CT molecular complexity index is 1570. The van der Waals surface area contributed by atoms with Crippen molar-refractivity contribution in [2.45, 2.75) is 50.7 Å². The third-order valence-corrected chi connectivity index (χ3v) is 8.82. The minimum Gasteiger partial charge on any atom is -0.491 e. The molecular weight excluding hydrogens is 591 g/mol. The van der Waals surface area contributed by atoms with Crippen molar-refractivity contribution in [2.75, 3.05) is 43.1 Å². The summed E-state index contributed by atoms with van der Waals surface area (Å²) in [7, 11) is 0. The smallest absolute Gasteiger partial charge is 0.251 e. The number of fused-ring (bicyclic) bond motifs is 1. The van der Waals surface area contributed by atoms with Gasteiger partial charge in [-0.3, -0.25) is 9.78 Å². The van der Waals surface area contributed by atoms with Crippen LogP contribution in [0.4, 0.5) is 11.4 Å². The van der Waals surface area contributed by atoms with E-state index >= 15 is 0 Å². The highest BCUT2D eigenvalue weighted by molar-refractivity contribution is 7.98. The van der Waals surface area contributed by atoms with Gasteiger partial charge in [-0.1, -0.05) is 51.5 Å². The Morgan fingerprint density at radius 1 is 0.957 bits per heavy atom. The van der Waals surface area contributed by atoms with Gasteiger partial charge in [0.1, 0.15) is 12.4 Å². The number of carbonyl (C=O) groups excluding carboxylic acids is 1. The first-order valence-electron chi connectivity index (χ1n) is 16.3. The fourth-order valence-corrected chi connectivity index (χ4v) is 6.19. The molecule has 4 aromatic rings. The van der Waals surface area contributed by atoms with Crippen molar-refractivity contribution < 1.29 is 14.3 Å². The zero-order chi connectivity index (χ0) is 32.1. The number of nitrogens with one attached hydrogen (secondary N) is 1. The lowest BCUT2D eigenvalue weighted by Crippen LogP contribution is -2.29. The fourth-order valence-electron chi connectivity index (χ4n) is 5.38. The highest BCUT2D eigenvalue weighted by atomic mass is 32.2. The summed E-state index contributed by atoms with van der Waals surface area (Å²) >= 11 is 1.73. The fraction of sp³-hybridized carbons (Fsp3) is 0.333. The molecule has 0 saturated heterocycles. The molecule has 1 N–H and O–H groups in total. The van der Waals surface area contributed by atoms with Gasteiger partial charge in [0.2, 0.25) is 0 Å². The number of benzene rings is 3. The average Bonchev–Trinajstić information content (AvgIpc) is 3.25. The second-order valence-corrected chi connectivity index (χ2v) is 13.0. The second-order valence-electron chi connectivity index (χ2n) is 12.0. The van der Waals surface area contributed by atoms with Gasteiger partial charge >= 0.3 is 0 Å². The van der Waals surface area contributed by atoms with E-state index in [1.807, 2.05) is 60.8 Å². The van der Waals surface area contributed by atoms with Crippen molar-refractivity contribution in [1.82, 2.24) is 4.98 Å². The Labute approximate surface area is 278 Å². The van der Waals surface area contributed by atoms with Gasteiger partial charge in [-0.2, -0.15) is 0 Å². The molecule has 7 heteroatoms. The molecule has 1 amide bonds. The Morgan fingerprint density at radius 3 is 2.50 bits per heavy atom. The summed E-state index contributed by atoms with van der Waals surface area (Å²) < 4.78 is 11.5. The summed E-state index contributed by atoms with van der Waals surface area (Å²) in [5.41, 5.74) is 7.06. The topological polar surface area (TPSA) is 63.7 Å². The number of hydrogen-bond donors (Lipinski definition) is 1. The lowest BCUT2D eigenvalue weighted by Gasteiger charge is -2.27. The minimum atomic E-state index is -0.0585. The summed E-state index contributed by atoms with van der Waals surface area (Å²) in [5.74, 6) is 2.08. The number of aromatic nitrogens is 1. The number of pyridine rings is 1. The van der Waals surface area contributed by atoms with Crippen LogP contribution in [0.5, 0.6) is 5.75 Å². The van der Waals surface area contributed by atoms with Crippen molar-refractivity contribution in [3.8, 4) is 16.9 Å². The Morgan fingerprint density at radius 2 is 1.76 bits per heavy atom. The van der Waals surface area contributed by atoms with E-state index in [-0.39, 0.29) is 5.91 Å². The lowest BCUT2D eigenvalue weighted by molar-refractivity contribution is -0.112. The quantitative estimate of drug-likeness (QED) is 0.104. The van der Waals surface area contributed by atoms with E-state index < -0.39 is 0 Å². The lowest BCUT2D eigenvalue weighted by atomic mass is 10.00. The molecule has 0 spiro atoms. The first-order valence-corrected chi connectivity index (χ1v) is 17.3. The van der Waals surface area contributed by atoms with Gasteiger partial charge in [-0.05, 0) is 102 Å². The van der Waals surface area contributed by atoms with Crippen LogP contribution in [0.25, 0.3) is 17.2 Å². The normalized spacial score (nSPS) is 12.8. The Balaban J connectivity index is 1.27. The molecule has 0 aliphatic carbocycles. The maximum absolute atomic E-state index is 13.6. The van der Waals surface area contributed by atoms with Crippen LogP contribution in [0, 0.1) is 5.92 Å². The molecule has 46 heavy (non-hydrogen) atoms. The summed E-state index contributed by atoms with van der Waals surface area (Å²) in [6.07, 6.45) is 6.77. The molecule has 0 unspecified atom stereocenters. The first kappa shape index (κ1) is 33.3. The van der Waals surface area contributed by atoms with Crippen LogP contribution in [0.2, 0.25) is 0 Å². The standard InChI is InChI=1S/C39H45N3O3S/c1-4-5-22-44-23-24-45-36-14-9-30(10-15-36)31-11-18-38-33(25-31)26-32(19-21-42(38)27-29(2)3)39(43)41-34-12-16-37(17-13-34)46-28-35-8-6-7-20-40-35/h6-18,20,25-26,29H,4-5,19,21-24,27-28H2,1-3H3,(H,41,43). The number of ether oxygens (including phenoxy) is 2. The number of anilines is 2. The van der Waals surface area contributed by atoms with Crippen LogP contribution in [0.3, 0.4) is 0 Å². The van der Waals surface area contributed by atoms with Crippen LogP contribution in [-0.4, -0.2) is 43.8 Å². The molecule has 0 radical (unpaired) electrons. The molecule has 1 aliphatic rings. The Hall–Kier alpha value is -4.07. The van der Waals surface area contributed by atoms with Crippen LogP contribution >= 0.6 is 11.8 Å². The maximum atomic E-state index is 13.6. The van der Waals surface area contributed by atoms with Gasteiger partial charge in [0.05, 0.1) is 12.3 Å². The molecule has 6 nitrogen and oxygen atoms in total. The number of unbranched alkanes of at least 4 members (excludes halogenated alkanes) is 1. The molecule has 1 aliphatic heterocycles. The Kier molecular flexibility index (Phi) is 12.3. The molecule has 0 bridgehead atoms. The number of amides is 1.